The van der Waals surface area contributed by atoms with Crippen molar-refractivity contribution in [2.75, 3.05) is 13.7 Å². The summed E-state index contributed by atoms with van der Waals surface area (Å²) in [6, 6.07) is 16.8. The van der Waals surface area contributed by atoms with Gasteiger partial charge in [0.25, 0.3) is 0 Å². The van der Waals surface area contributed by atoms with Crippen molar-refractivity contribution in [2.24, 2.45) is 0 Å². The van der Waals surface area contributed by atoms with Gasteiger partial charge < -0.3 is 10.1 Å². The molecule has 0 aliphatic heterocycles. The standard InChI is InChI=1S/C17H20FNO/c1-19-16(13-14-7-9-15(18)10-8-14)11-12-20-17-5-3-2-4-6-17/h2-10,16,19H,11-13H2,1H3. The van der Waals surface area contributed by atoms with E-state index < -0.39 is 0 Å². The number of hydrogen-bond acceptors (Lipinski definition) is 2. The number of halogens is 1. The lowest BCUT2D eigenvalue weighted by atomic mass is 10.0. The molecule has 20 heavy (non-hydrogen) atoms. The fourth-order valence-electron chi connectivity index (χ4n) is 2.09. The van der Waals surface area contributed by atoms with Crippen LogP contribution in [0.15, 0.2) is 54.6 Å². The average molecular weight is 273 g/mol. The molecule has 106 valence electrons. The second kappa shape index (κ2) is 7.65. The van der Waals surface area contributed by atoms with Gasteiger partial charge in [-0.2, -0.15) is 0 Å². The van der Waals surface area contributed by atoms with Crippen molar-refractivity contribution in [3.8, 4) is 5.75 Å². The van der Waals surface area contributed by atoms with E-state index in [0.717, 1.165) is 24.2 Å². The van der Waals surface area contributed by atoms with E-state index in [2.05, 4.69) is 5.32 Å². The van der Waals surface area contributed by atoms with Crippen LogP contribution in [-0.2, 0) is 6.42 Å². The highest BCUT2D eigenvalue weighted by atomic mass is 19.1. The van der Waals surface area contributed by atoms with Crippen LogP contribution >= 0.6 is 0 Å². The van der Waals surface area contributed by atoms with Gasteiger partial charge in [-0.25, -0.2) is 4.39 Å². The number of nitrogens with one attached hydrogen (secondary N) is 1. The Hall–Kier alpha value is -1.87. The minimum Gasteiger partial charge on any atom is -0.494 e. The van der Waals surface area contributed by atoms with Crippen LogP contribution in [0.5, 0.6) is 5.75 Å². The molecular weight excluding hydrogens is 253 g/mol. The Kier molecular flexibility index (Phi) is 5.56. The topological polar surface area (TPSA) is 21.3 Å². The summed E-state index contributed by atoms with van der Waals surface area (Å²) in [5.74, 6) is 0.700. The van der Waals surface area contributed by atoms with Crippen LogP contribution in [0.1, 0.15) is 12.0 Å². The Balaban J connectivity index is 1.79. The summed E-state index contributed by atoms with van der Waals surface area (Å²) >= 11 is 0. The molecule has 0 aromatic heterocycles. The summed E-state index contributed by atoms with van der Waals surface area (Å²) in [5, 5.41) is 3.28. The highest BCUT2D eigenvalue weighted by Crippen LogP contribution is 2.11. The third-order valence-corrected chi connectivity index (χ3v) is 3.28. The van der Waals surface area contributed by atoms with Crippen LogP contribution in [0.25, 0.3) is 0 Å². The molecule has 1 atom stereocenters. The highest BCUT2D eigenvalue weighted by Gasteiger charge is 2.07. The predicted octanol–water partition coefficient (Wildman–Crippen LogP) is 3.43. The number of benzene rings is 2. The first-order chi connectivity index (χ1) is 9.78. The largest absolute Gasteiger partial charge is 0.494 e. The molecule has 0 bridgehead atoms. The maximum absolute atomic E-state index is 12.9. The fraction of sp³-hybridized carbons (Fsp3) is 0.294. The Morgan fingerprint density at radius 1 is 1.05 bits per heavy atom. The lowest BCUT2D eigenvalue weighted by Crippen LogP contribution is -2.29. The molecule has 2 nitrogen and oxygen atoms in total. The quantitative estimate of drug-likeness (QED) is 0.834. The second-order valence-corrected chi connectivity index (χ2v) is 4.77. The zero-order chi connectivity index (χ0) is 14.2. The lowest BCUT2D eigenvalue weighted by molar-refractivity contribution is 0.288. The van der Waals surface area contributed by atoms with Crippen LogP contribution in [0.2, 0.25) is 0 Å². The summed E-state index contributed by atoms with van der Waals surface area (Å²) in [6.45, 7) is 0.663. The molecule has 0 aliphatic carbocycles. The zero-order valence-corrected chi connectivity index (χ0v) is 11.7. The van der Waals surface area contributed by atoms with Crippen LogP contribution in [0, 0.1) is 5.82 Å². The van der Waals surface area contributed by atoms with E-state index >= 15 is 0 Å². The van der Waals surface area contributed by atoms with Crippen LogP contribution in [0.4, 0.5) is 4.39 Å². The molecule has 0 heterocycles. The van der Waals surface area contributed by atoms with Gasteiger partial charge in [0.05, 0.1) is 6.61 Å². The van der Waals surface area contributed by atoms with Gasteiger partial charge in [0.15, 0.2) is 0 Å². The maximum Gasteiger partial charge on any atom is 0.123 e. The second-order valence-electron chi connectivity index (χ2n) is 4.77. The van der Waals surface area contributed by atoms with Gasteiger partial charge in [0.2, 0.25) is 0 Å². The van der Waals surface area contributed by atoms with E-state index in [0.29, 0.717) is 12.6 Å². The molecule has 2 aromatic carbocycles. The molecule has 0 spiro atoms. The summed E-state index contributed by atoms with van der Waals surface area (Å²) < 4.78 is 18.6. The average Bonchev–Trinajstić information content (AvgIpc) is 2.49. The number of rotatable bonds is 7. The van der Waals surface area contributed by atoms with Crippen molar-refractivity contribution < 1.29 is 9.13 Å². The van der Waals surface area contributed by atoms with Crippen LogP contribution in [-0.4, -0.2) is 19.7 Å². The van der Waals surface area contributed by atoms with Crippen molar-refractivity contribution >= 4 is 0 Å². The summed E-state index contributed by atoms with van der Waals surface area (Å²) in [6.07, 6.45) is 1.78. The summed E-state index contributed by atoms with van der Waals surface area (Å²) in [7, 11) is 1.94. The van der Waals surface area contributed by atoms with Crippen LogP contribution < -0.4 is 10.1 Å². The Bertz CT molecular complexity index is 498. The number of ether oxygens (including phenoxy) is 1. The summed E-state index contributed by atoms with van der Waals surface area (Å²) in [5.41, 5.74) is 1.13. The summed E-state index contributed by atoms with van der Waals surface area (Å²) in [4.78, 5) is 0. The number of hydrogen-bond donors (Lipinski definition) is 1. The molecule has 0 saturated carbocycles. The minimum absolute atomic E-state index is 0.192. The predicted molar refractivity (Wildman–Crippen MR) is 79.5 cm³/mol. The molecule has 2 rings (SSSR count). The zero-order valence-electron chi connectivity index (χ0n) is 11.7. The molecular formula is C17H20FNO. The smallest absolute Gasteiger partial charge is 0.123 e. The molecule has 3 heteroatoms. The van der Waals surface area contributed by atoms with Gasteiger partial charge in [-0.1, -0.05) is 30.3 Å². The van der Waals surface area contributed by atoms with E-state index in [4.69, 9.17) is 4.74 Å². The highest BCUT2D eigenvalue weighted by molar-refractivity contribution is 5.21. The molecule has 0 aliphatic rings. The van der Waals surface area contributed by atoms with E-state index in [1.807, 2.05) is 49.5 Å². The molecule has 1 unspecified atom stereocenters. The van der Waals surface area contributed by atoms with Crippen molar-refractivity contribution in [3.63, 3.8) is 0 Å². The molecule has 0 amide bonds. The van der Waals surface area contributed by atoms with Gasteiger partial charge in [-0.05, 0) is 49.7 Å². The van der Waals surface area contributed by atoms with E-state index in [9.17, 15) is 4.39 Å². The molecule has 2 aromatic rings. The molecule has 1 N–H and O–H groups in total. The van der Waals surface area contributed by atoms with E-state index in [-0.39, 0.29) is 5.82 Å². The first-order valence-corrected chi connectivity index (χ1v) is 6.87. The third kappa shape index (κ3) is 4.67. The van der Waals surface area contributed by atoms with Gasteiger partial charge in [-0.15, -0.1) is 0 Å². The van der Waals surface area contributed by atoms with Gasteiger partial charge in [-0.3, -0.25) is 0 Å². The molecule has 0 radical (unpaired) electrons. The SMILES string of the molecule is CNC(CCOc1ccccc1)Cc1ccc(F)cc1. The van der Waals surface area contributed by atoms with Crippen LogP contribution in [0.3, 0.4) is 0 Å². The minimum atomic E-state index is -0.192. The van der Waals surface area contributed by atoms with Crippen molar-refractivity contribution in [1.82, 2.24) is 5.32 Å². The Morgan fingerprint density at radius 3 is 2.40 bits per heavy atom. The number of para-hydroxylation sites is 1. The normalized spacial score (nSPS) is 12.1. The van der Waals surface area contributed by atoms with E-state index in [1.54, 1.807) is 0 Å². The lowest BCUT2D eigenvalue weighted by Gasteiger charge is -2.16. The Morgan fingerprint density at radius 2 is 1.75 bits per heavy atom. The third-order valence-electron chi connectivity index (χ3n) is 3.28. The Labute approximate surface area is 119 Å². The first-order valence-electron chi connectivity index (χ1n) is 6.87. The number of likely N-dealkylation sites (N-methyl/N-ethyl adjacent to an activating group) is 1. The van der Waals surface area contributed by atoms with E-state index in [1.165, 1.54) is 12.1 Å². The maximum atomic E-state index is 12.9. The van der Waals surface area contributed by atoms with Crippen molar-refractivity contribution in [1.29, 1.82) is 0 Å². The van der Waals surface area contributed by atoms with Crippen molar-refractivity contribution in [3.05, 3.63) is 66.0 Å². The van der Waals surface area contributed by atoms with Gasteiger partial charge in [0.1, 0.15) is 11.6 Å². The van der Waals surface area contributed by atoms with Gasteiger partial charge in [0, 0.05) is 6.04 Å². The fourth-order valence-corrected chi connectivity index (χ4v) is 2.09. The molecule has 0 saturated heterocycles. The van der Waals surface area contributed by atoms with Gasteiger partial charge >= 0.3 is 0 Å². The monoisotopic (exact) mass is 273 g/mol. The van der Waals surface area contributed by atoms with Crippen molar-refractivity contribution in [2.45, 2.75) is 18.9 Å². The first kappa shape index (κ1) is 14.5. The molecule has 0 fully saturated rings.